The summed E-state index contributed by atoms with van der Waals surface area (Å²) in [4.78, 5) is 16.6. The lowest BCUT2D eigenvalue weighted by atomic mass is 10.1. The quantitative estimate of drug-likeness (QED) is 0.924. The van der Waals surface area contributed by atoms with Crippen molar-refractivity contribution in [1.29, 1.82) is 0 Å². The Morgan fingerprint density at radius 2 is 2.24 bits per heavy atom. The van der Waals surface area contributed by atoms with Crippen LogP contribution in [0.3, 0.4) is 0 Å². The van der Waals surface area contributed by atoms with Crippen LogP contribution in [0.4, 0.5) is 5.69 Å². The zero-order valence-electron chi connectivity index (χ0n) is 12.6. The van der Waals surface area contributed by atoms with Crippen LogP contribution in [-0.2, 0) is 11.3 Å². The molecule has 0 radical (unpaired) electrons. The van der Waals surface area contributed by atoms with Crippen LogP contribution in [0.5, 0.6) is 0 Å². The molecular formula is C17H23N3O. The fourth-order valence-corrected chi connectivity index (χ4v) is 3.08. The van der Waals surface area contributed by atoms with E-state index in [9.17, 15) is 4.79 Å². The van der Waals surface area contributed by atoms with E-state index in [1.54, 1.807) is 0 Å². The Morgan fingerprint density at radius 3 is 3.05 bits per heavy atom. The maximum atomic E-state index is 12.5. The number of benzene rings is 1. The molecule has 0 saturated heterocycles. The second-order valence-corrected chi connectivity index (χ2v) is 5.77. The van der Waals surface area contributed by atoms with Crippen LogP contribution in [0.2, 0.25) is 0 Å². The van der Waals surface area contributed by atoms with E-state index in [1.807, 2.05) is 18.0 Å². The lowest BCUT2D eigenvalue weighted by molar-refractivity contribution is -0.126. The molecule has 1 aliphatic carbocycles. The standard InChI is InChI=1S/C17H23N3O/c1-19(15-7-3-4-8-15)17(21)13-20-11-10-18-12-14-6-2-5-9-16(14)20/h2,5-7,9,18H,3-4,8,10-13H2,1H3. The Morgan fingerprint density at radius 1 is 1.38 bits per heavy atom. The van der Waals surface area contributed by atoms with Crippen molar-refractivity contribution in [3.05, 3.63) is 41.6 Å². The number of carbonyl (C=O) groups is 1. The molecule has 0 atom stereocenters. The summed E-state index contributed by atoms with van der Waals surface area (Å²) in [6, 6.07) is 8.35. The third-order valence-corrected chi connectivity index (χ3v) is 4.35. The van der Waals surface area contributed by atoms with E-state index in [1.165, 1.54) is 23.4 Å². The molecule has 1 amide bonds. The van der Waals surface area contributed by atoms with Crippen LogP contribution in [0.15, 0.2) is 36.0 Å². The number of hydrogen-bond acceptors (Lipinski definition) is 3. The number of nitrogens with zero attached hydrogens (tertiary/aromatic N) is 2. The molecule has 0 aromatic heterocycles. The predicted molar refractivity (Wildman–Crippen MR) is 85.1 cm³/mol. The fourth-order valence-electron chi connectivity index (χ4n) is 3.08. The summed E-state index contributed by atoms with van der Waals surface area (Å²) < 4.78 is 0. The summed E-state index contributed by atoms with van der Waals surface area (Å²) in [5.74, 6) is 0.180. The normalized spacial score (nSPS) is 18.0. The Balaban J connectivity index is 1.73. The van der Waals surface area contributed by atoms with Gasteiger partial charge in [0, 0.05) is 38.1 Å². The van der Waals surface area contributed by atoms with Gasteiger partial charge in [-0.1, -0.05) is 24.3 Å². The average Bonchev–Trinajstić information content (AvgIpc) is 2.97. The maximum Gasteiger partial charge on any atom is 0.245 e. The number of anilines is 1. The molecule has 0 bridgehead atoms. The Hall–Kier alpha value is -1.81. The van der Waals surface area contributed by atoms with Crippen molar-refractivity contribution in [2.45, 2.75) is 25.8 Å². The number of rotatable bonds is 3. The van der Waals surface area contributed by atoms with E-state index >= 15 is 0 Å². The van der Waals surface area contributed by atoms with E-state index in [0.29, 0.717) is 6.54 Å². The molecule has 3 rings (SSSR count). The molecule has 0 saturated carbocycles. The zero-order valence-corrected chi connectivity index (χ0v) is 12.6. The van der Waals surface area contributed by atoms with Crippen molar-refractivity contribution in [2.24, 2.45) is 0 Å². The Labute approximate surface area is 126 Å². The first-order valence-corrected chi connectivity index (χ1v) is 7.75. The first kappa shape index (κ1) is 14.1. The van der Waals surface area contributed by atoms with E-state index in [-0.39, 0.29) is 5.91 Å². The van der Waals surface area contributed by atoms with E-state index in [4.69, 9.17) is 0 Å². The number of carbonyl (C=O) groups excluding carboxylic acids is 1. The van der Waals surface area contributed by atoms with Crippen LogP contribution in [0.1, 0.15) is 24.8 Å². The van der Waals surface area contributed by atoms with Gasteiger partial charge < -0.3 is 15.1 Å². The van der Waals surface area contributed by atoms with Gasteiger partial charge in [0.1, 0.15) is 0 Å². The monoisotopic (exact) mass is 285 g/mol. The van der Waals surface area contributed by atoms with Gasteiger partial charge >= 0.3 is 0 Å². The lowest BCUT2D eigenvalue weighted by Crippen LogP contribution is -2.39. The first-order chi connectivity index (χ1) is 10.3. The van der Waals surface area contributed by atoms with Crippen molar-refractivity contribution in [3.8, 4) is 0 Å². The molecule has 2 aliphatic rings. The van der Waals surface area contributed by atoms with Gasteiger partial charge in [-0.05, 0) is 30.9 Å². The first-order valence-electron chi connectivity index (χ1n) is 7.75. The molecule has 1 aromatic carbocycles. The van der Waals surface area contributed by atoms with Gasteiger partial charge in [0.25, 0.3) is 0 Å². The SMILES string of the molecule is CN(C(=O)CN1CCNCc2ccccc21)C1=CCCC1. The van der Waals surface area contributed by atoms with Crippen LogP contribution in [0.25, 0.3) is 0 Å². The molecule has 1 aliphatic heterocycles. The average molecular weight is 285 g/mol. The highest BCUT2D eigenvalue weighted by molar-refractivity contribution is 5.83. The number of amides is 1. The third kappa shape index (κ3) is 3.10. The highest BCUT2D eigenvalue weighted by Crippen LogP contribution is 2.24. The second kappa shape index (κ2) is 6.31. The fraction of sp³-hybridized carbons (Fsp3) is 0.471. The molecule has 1 N–H and O–H groups in total. The van der Waals surface area contributed by atoms with Gasteiger partial charge in [0.15, 0.2) is 0 Å². The van der Waals surface area contributed by atoms with Gasteiger partial charge in [-0.15, -0.1) is 0 Å². The van der Waals surface area contributed by atoms with Crippen LogP contribution >= 0.6 is 0 Å². The highest BCUT2D eigenvalue weighted by atomic mass is 16.2. The Kier molecular flexibility index (Phi) is 4.25. The van der Waals surface area contributed by atoms with Crippen molar-refractivity contribution >= 4 is 11.6 Å². The summed E-state index contributed by atoms with van der Waals surface area (Å²) in [6.07, 6.45) is 5.49. The molecular weight excluding hydrogens is 262 g/mol. The largest absolute Gasteiger partial charge is 0.361 e. The van der Waals surface area contributed by atoms with Crippen molar-refractivity contribution < 1.29 is 4.79 Å². The smallest absolute Gasteiger partial charge is 0.245 e. The van der Waals surface area contributed by atoms with E-state index < -0.39 is 0 Å². The number of likely N-dealkylation sites (N-methyl/N-ethyl adjacent to an activating group) is 1. The molecule has 112 valence electrons. The summed E-state index contributed by atoms with van der Waals surface area (Å²) in [6.45, 7) is 3.11. The summed E-state index contributed by atoms with van der Waals surface area (Å²) >= 11 is 0. The molecule has 0 unspecified atom stereocenters. The van der Waals surface area contributed by atoms with E-state index in [0.717, 1.165) is 32.5 Å². The molecule has 4 heteroatoms. The molecule has 0 spiro atoms. The Bertz CT molecular complexity index is 553. The lowest BCUT2D eigenvalue weighted by Gasteiger charge is -2.27. The van der Waals surface area contributed by atoms with Crippen LogP contribution in [0, 0.1) is 0 Å². The molecule has 0 fully saturated rings. The van der Waals surface area contributed by atoms with Gasteiger partial charge in [-0.2, -0.15) is 0 Å². The number of fused-ring (bicyclic) bond motifs is 1. The minimum absolute atomic E-state index is 0.180. The van der Waals surface area contributed by atoms with Gasteiger partial charge in [0.2, 0.25) is 5.91 Å². The molecule has 4 nitrogen and oxygen atoms in total. The minimum atomic E-state index is 0.180. The van der Waals surface area contributed by atoms with Crippen LogP contribution in [-0.4, -0.2) is 37.5 Å². The van der Waals surface area contributed by atoms with Gasteiger partial charge in [-0.3, -0.25) is 4.79 Å². The second-order valence-electron chi connectivity index (χ2n) is 5.77. The summed E-state index contributed by atoms with van der Waals surface area (Å²) in [5.41, 5.74) is 3.64. The van der Waals surface area contributed by atoms with Gasteiger partial charge in [0.05, 0.1) is 6.54 Å². The maximum absolute atomic E-state index is 12.5. The highest BCUT2D eigenvalue weighted by Gasteiger charge is 2.21. The third-order valence-electron chi connectivity index (χ3n) is 4.35. The molecule has 1 aromatic rings. The van der Waals surface area contributed by atoms with Crippen molar-refractivity contribution in [1.82, 2.24) is 10.2 Å². The van der Waals surface area contributed by atoms with E-state index in [2.05, 4.69) is 34.5 Å². The topological polar surface area (TPSA) is 35.6 Å². The molecule has 1 heterocycles. The van der Waals surface area contributed by atoms with Crippen molar-refractivity contribution in [2.75, 3.05) is 31.6 Å². The summed E-state index contributed by atoms with van der Waals surface area (Å²) in [5, 5.41) is 3.41. The number of allylic oxidation sites excluding steroid dienone is 2. The van der Waals surface area contributed by atoms with Crippen LogP contribution < -0.4 is 10.2 Å². The number of para-hydroxylation sites is 1. The van der Waals surface area contributed by atoms with Crippen molar-refractivity contribution in [3.63, 3.8) is 0 Å². The summed E-state index contributed by atoms with van der Waals surface area (Å²) in [7, 11) is 1.90. The number of hydrogen-bond donors (Lipinski definition) is 1. The predicted octanol–water partition coefficient (Wildman–Crippen LogP) is 2.12. The van der Waals surface area contributed by atoms with Gasteiger partial charge in [-0.25, -0.2) is 0 Å². The number of nitrogens with one attached hydrogen (secondary N) is 1. The zero-order chi connectivity index (χ0) is 14.7. The molecule has 21 heavy (non-hydrogen) atoms. The minimum Gasteiger partial charge on any atom is -0.361 e.